The third kappa shape index (κ3) is 3.81. The van der Waals surface area contributed by atoms with Crippen LogP contribution in [0.5, 0.6) is 0 Å². The molecule has 2 aromatic heterocycles. The van der Waals surface area contributed by atoms with Crippen LogP contribution in [-0.4, -0.2) is 55.5 Å². The van der Waals surface area contributed by atoms with E-state index in [2.05, 4.69) is 20.2 Å². The van der Waals surface area contributed by atoms with Gasteiger partial charge < -0.3 is 4.90 Å². The molecule has 2 aromatic rings. The summed E-state index contributed by atoms with van der Waals surface area (Å²) in [6.07, 6.45) is -0.799. The van der Waals surface area contributed by atoms with Crippen molar-refractivity contribution in [1.29, 1.82) is 0 Å². The van der Waals surface area contributed by atoms with Crippen LogP contribution >= 0.6 is 11.8 Å². The van der Waals surface area contributed by atoms with Gasteiger partial charge in [-0.05, 0) is 18.6 Å². The number of aromatic amines is 1. The van der Waals surface area contributed by atoms with Crippen LogP contribution in [0.3, 0.4) is 0 Å². The van der Waals surface area contributed by atoms with Gasteiger partial charge in [-0.2, -0.15) is 13.2 Å². The Hall–Kier alpha value is -2.10. The van der Waals surface area contributed by atoms with Crippen molar-refractivity contribution in [1.82, 2.24) is 25.1 Å². The normalized spacial score (nSPS) is 18.7. The van der Waals surface area contributed by atoms with Crippen LogP contribution in [0.2, 0.25) is 0 Å². The van der Waals surface area contributed by atoms with Crippen molar-refractivity contribution in [3.8, 4) is 11.4 Å². The third-order valence-corrected chi connectivity index (χ3v) is 4.38. The molecule has 3 rings (SSSR count). The van der Waals surface area contributed by atoms with E-state index in [4.69, 9.17) is 0 Å². The molecular weight excluding hydrogens is 331 g/mol. The van der Waals surface area contributed by atoms with E-state index in [9.17, 15) is 18.0 Å². The number of halogens is 3. The number of amides is 1. The van der Waals surface area contributed by atoms with Crippen LogP contribution in [0.25, 0.3) is 11.4 Å². The second-order valence-corrected chi connectivity index (χ2v) is 6.15. The zero-order valence-electron chi connectivity index (χ0n) is 11.7. The van der Waals surface area contributed by atoms with Crippen LogP contribution in [0.15, 0.2) is 29.7 Å². The maximum Gasteiger partial charge on any atom is 0.406 e. The molecule has 1 aliphatic heterocycles. The van der Waals surface area contributed by atoms with Crippen LogP contribution in [-0.2, 0) is 4.79 Å². The summed E-state index contributed by atoms with van der Waals surface area (Å²) in [5.74, 6) is -0.0294. The number of H-pyrrole nitrogens is 1. The van der Waals surface area contributed by atoms with Gasteiger partial charge in [-0.1, -0.05) is 11.8 Å². The summed E-state index contributed by atoms with van der Waals surface area (Å²) < 4.78 is 37.2. The number of hydrogen-bond donors (Lipinski definition) is 1. The maximum atomic E-state index is 12.4. The Morgan fingerprint density at radius 3 is 2.96 bits per heavy atom. The topological polar surface area (TPSA) is 74.8 Å². The quantitative estimate of drug-likeness (QED) is 0.920. The van der Waals surface area contributed by atoms with Crippen LogP contribution in [0.4, 0.5) is 13.2 Å². The summed E-state index contributed by atoms with van der Waals surface area (Å²) in [7, 11) is 0. The van der Waals surface area contributed by atoms with Crippen molar-refractivity contribution in [2.45, 2.75) is 23.0 Å². The van der Waals surface area contributed by atoms with Crippen molar-refractivity contribution < 1.29 is 18.0 Å². The van der Waals surface area contributed by atoms with E-state index in [-0.39, 0.29) is 6.54 Å². The summed E-state index contributed by atoms with van der Waals surface area (Å²) in [6.45, 7) is -1.12. The minimum atomic E-state index is -4.38. The lowest BCUT2D eigenvalue weighted by Gasteiger charge is -2.17. The molecule has 0 saturated carbocycles. The Bertz CT molecular complexity index is 690. The lowest BCUT2D eigenvalue weighted by Crippen LogP contribution is -2.36. The number of hydrogen-bond acceptors (Lipinski definition) is 5. The fraction of sp³-hybridized carbons (Fsp3) is 0.385. The molecule has 23 heavy (non-hydrogen) atoms. The van der Waals surface area contributed by atoms with Gasteiger partial charge in [0.2, 0.25) is 11.1 Å². The van der Waals surface area contributed by atoms with Gasteiger partial charge in [0.25, 0.3) is 0 Å². The van der Waals surface area contributed by atoms with Gasteiger partial charge in [-0.3, -0.25) is 14.9 Å². The molecule has 1 fully saturated rings. The predicted octanol–water partition coefficient (Wildman–Crippen LogP) is 2.12. The Kier molecular flexibility index (Phi) is 4.24. The zero-order valence-corrected chi connectivity index (χ0v) is 12.6. The number of alkyl halides is 3. The van der Waals surface area contributed by atoms with E-state index >= 15 is 0 Å². The van der Waals surface area contributed by atoms with Gasteiger partial charge in [0.1, 0.15) is 6.54 Å². The summed E-state index contributed by atoms with van der Waals surface area (Å²) >= 11 is 1.07. The zero-order chi connectivity index (χ0) is 16.4. The highest BCUT2D eigenvalue weighted by atomic mass is 32.2. The molecule has 0 bridgehead atoms. The Balaban J connectivity index is 1.65. The van der Waals surface area contributed by atoms with Crippen molar-refractivity contribution in [2.75, 3.05) is 13.1 Å². The minimum absolute atomic E-state index is 0.0932. The SMILES string of the molecule is O=C1[C@@H](Sc2n[nH]c(-c3cccnc3)n2)CCN1CC(F)(F)F. The monoisotopic (exact) mass is 343 g/mol. The lowest BCUT2D eigenvalue weighted by atomic mass is 10.3. The molecule has 10 heteroatoms. The summed E-state index contributed by atoms with van der Waals surface area (Å²) in [6, 6.07) is 3.55. The maximum absolute atomic E-state index is 12.4. The smallest absolute Gasteiger partial charge is 0.333 e. The van der Waals surface area contributed by atoms with Crippen molar-refractivity contribution in [3.05, 3.63) is 24.5 Å². The standard InChI is InChI=1S/C13H12F3N5OS/c14-13(15,16)7-21-5-3-9(11(21)22)23-12-18-10(19-20-12)8-2-1-4-17-6-8/h1-2,4,6,9H,3,5,7H2,(H,18,19,20)/t9-/m0/s1. The number of pyridine rings is 1. The highest BCUT2D eigenvalue weighted by molar-refractivity contribution is 8.00. The van der Waals surface area contributed by atoms with Gasteiger partial charge in [-0.15, -0.1) is 5.10 Å². The van der Waals surface area contributed by atoms with Crippen LogP contribution in [0, 0.1) is 0 Å². The molecule has 0 unspecified atom stereocenters. The number of aromatic nitrogens is 4. The number of thioether (sulfide) groups is 1. The number of carbonyl (C=O) groups is 1. The molecular formula is C13H12F3N5OS. The number of nitrogens with one attached hydrogen (secondary N) is 1. The van der Waals surface area contributed by atoms with E-state index in [1.165, 1.54) is 0 Å². The van der Waals surface area contributed by atoms with E-state index in [0.29, 0.717) is 17.4 Å². The van der Waals surface area contributed by atoms with Crippen LogP contribution in [0.1, 0.15) is 6.42 Å². The molecule has 1 aliphatic rings. The number of nitrogens with zero attached hydrogens (tertiary/aromatic N) is 4. The first-order valence-corrected chi connectivity index (χ1v) is 7.65. The molecule has 122 valence electrons. The number of likely N-dealkylation sites (tertiary alicyclic amines) is 1. The average molecular weight is 343 g/mol. The molecule has 3 heterocycles. The van der Waals surface area contributed by atoms with Gasteiger partial charge in [-0.25, -0.2) is 4.98 Å². The molecule has 1 amide bonds. The number of carbonyl (C=O) groups excluding carboxylic acids is 1. The highest BCUT2D eigenvalue weighted by Crippen LogP contribution is 2.31. The Morgan fingerprint density at radius 1 is 1.43 bits per heavy atom. The summed E-state index contributed by atoms with van der Waals surface area (Å²) in [5, 5.41) is 6.47. The van der Waals surface area contributed by atoms with Gasteiger partial charge in [0, 0.05) is 24.5 Å². The number of rotatable bonds is 4. The van der Waals surface area contributed by atoms with Crippen LogP contribution < -0.4 is 0 Å². The Labute approximate surface area is 133 Å². The van der Waals surface area contributed by atoms with E-state index in [1.807, 2.05) is 0 Å². The lowest BCUT2D eigenvalue weighted by molar-refractivity contribution is -0.157. The molecule has 0 radical (unpaired) electrons. The van der Waals surface area contributed by atoms with Crippen molar-refractivity contribution in [3.63, 3.8) is 0 Å². The first-order valence-electron chi connectivity index (χ1n) is 6.77. The minimum Gasteiger partial charge on any atom is -0.333 e. The second kappa shape index (κ2) is 6.19. The molecule has 1 atom stereocenters. The van der Waals surface area contributed by atoms with E-state index in [1.54, 1.807) is 24.5 Å². The molecule has 0 spiro atoms. The molecule has 1 N–H and O–H groups in total. The average Bonchev–Trinajstić information content (AvgIpc) is 3.09. The van der Waals surface area contributed by atoms with Gasteiger partial charge in [0.15, 0.2) is 5.82 Å². The van der Waals surface area contributed by atoms with Gasteiger partial charge in [0.05, 0.1) is 5.25 Å². The van der Waals surface area contributed by atoms with E-state index in [0.717, 1.165) is 22.2 Å². The molecule has 0 aromatic carbocycles. The fourth-order valence-electron chi connectivity index (χ4n) is 2.25. The van der Waals surface area contributed by atoms with Crippen molar-refractivity contribution >= 4 is 17.7 Å². The largest absolute Gasteiger partial charge is 0.406 e. The summed E-state index contributed by atoms with van der Waals surface area (Å²) in [5.41, 5.74) is 0.739. The first kappa shape index (κ1) is 15.8. The molecule has 6 nitrogen and oxygen atoms in total. The fourth-order valence-corrected chi connectivity index (χ4v) is 3.22. The molecule has 1 saturated heterocycles. The Morgan fingerprint density at radius 2 is 2.26 bits per heavy atom. The van der Waals surface area contributed by atoms with E-state index < -0.39 is 23.9 Å². The highest BCUT2D eigenvalue weighted by Gasteiger charge is 2.40. The predicted molar refractivity (Wildman–Crippen MR) is 76.5 cm³/mol. The first-order chi connectivity index (χ1) is 10.9. The third-order valence-electron chi connectivity index (χ3n) is 3.27. The van der Waals surface area contributed by atoms with Crippen molar-refractivity contribution in [2.24, 2.45) is 0 Å². The second-order valence-electron chi connectivity index (χ2n) is 4.98. The summed E-state index contributed by atoms with van der Waals surface area (Å²) in [4.78, 5) is 21.0. The molecule has 0 aliphatic carbocycles. The van der Waals surface area contributed by atoms with Gasteiger partial charge >= 0.3 is 6.18 Å².